The van der Waals surface area contributed by atoms with Crippen LogP contribution >= 0.6 is 11.6 Å². The maximum absolute atomic E-state index is 11.9. The second-order valence-corrected chi connectivity index (χ2v) is 6.32. The van der Waals surface area contributed by atoms with E-state index in [2.05, 4.69) is 17.1 Å². The molecule has 1 heterocycles. The molecular formula is C15H22ClN3O. The second kappa shape index (κ2) is 6.57. The first-order valence-corrected chi connectivity index (χ1v) is 7.32. The summed E-state index contributed by atoms with van der Waals surface area (Å²) in [6, 6.07) is 7.50. The normalized spacial score (nSPS) is 22.9. The Kier molecular flexibility index (Phi) is 5.02. The van der Waals surface area contributed by atoms with Gasteiger partial charge in [-0.05, 0) is 42.6 Å². The summed E-state index contributed by atoms with van der Waals surface area (Å²) < 4.78 is 0. The van der Waals surface area contributed by atoms with E-state index in [1.807, 2.05) is 24.3 Å². The Labute approximate surface area is 125 Å². The molecule has 1 aliphatic heterocycles. The predicted molar refractivity (Wildman–Crippen MR) is 81.5 cm³/mol. The average Bonchev–Trinajstić information content (AvgIpc) is 2.80. The molecular weight excluding hydrogens is 274 g/mol. The lowest BCUT2D eigenvalue weighted by atomic mass is 9.90. The maximum Gasteiger partial charge on any atom is 0.234 e. The summed E-state index contributed by atoms with van der Waals surface area (Å²) in [6.07, 6.45) is 1.06. The number of amides is 1. The van der Waals surface area contributed by atoms with Crippen molar-refractivity contribution >= 4 is 17.5 Å². The molecule has 1 saturated heterocycles. The first-order chi connectivity index (χ1) is 9.50. The molecule has 2 rings (SSSR count). The van der Waals surface area contributed by atoms with Gasteiger partial charge < -0.3 is 11.1 Å². The van der Waals surface area contributed by atoms with Gasteiger partial charge in [-0.2, -0.15) is 0 Å². The number of carbonyl (C=O) groups is 1. The Balaban J connectivity index is 1.75. The molecule has 0 radical (unpaired) electrons. The van der Waals surface area contributed by atoms with Crippen molar-refractivity contribution in [2.24, 2.45) is 11.1 Å². The summed E-state index contributed by atoms with van der Waals surface area (Å²) in [7, 11) is 0. The van der Waals surface area contributed by atoms with Crippen LogP contribution in [-0.2, 0) is 11.3 Å². The molecule has 1 amide bonds. The first-order valence-electron chi connectivity index (χ1n) is 6.94. The molecule has 1 aromatic rings. The lowest BCUT2D eigenvalue weighted by Gasteiger charge is -2.22. The number of benzene rings is 1. The van der Waals surface area contributed by atoms with E-state index >= 15 is 0 Å². The Morgan fingerprint density at radius 2 is 2.15 bits per heavy atom. The van der Waals surface area contributed by atoms with Crippen LogP contribution in [0.25, 0.3) is 0 Å². The largest absolute Gasteiger partial charge is 0.351 e. The van der Waals surface area contributed by atoms with Gasteiger partial charge in [0.15, 0.2) is 0 Å². The summed E-state index contributed by atoms with van der Waals surface area (Å²) in [4.78, 5) is 14.1. The smallest absolute Gasteiger partial charge is 0.234 e. The Hall–Kier alpha value is -1.10. The van der Waals surface area contributed by atoms with Crippen LogP contribution in [0.1, 0.15) is 18.9 Å². The van der Waals surface area contributed by atoms with Gasteiger partial charge in [0.05, 0.1) is 6.54 Å². The van der Waals surface area contributed by atoms with Gasteiger partial charge in [-0.1, -0.05) is 30.7 Å². The first kappa shape index (κ1) is 15.3. The number of nitrogens with two attached hydrogens (primary N) is 1. The van der Waals surface area contributed by atoms with Crippen molar-refractivity contribution in [2.45, 2.75) is 19.9 Å². The molecule has 1 fully saturated rings. The van der Waals surface area contributed by atoms with E-state index in [4.69, 9.17) is 17.3 Å². The van der Waals surface area contributed by atoms with Crippen molar-refractivity contribution in [3.63, 3.8) is 0 Å². The van der Waals surface area contributed by atoms with Crippen molar-refractivity contribution in [1.82, 2.24) is 10.2 Å². The molecule has 0 aliphatic carbocycles. The molecule has 1 atom stereocenters. The van der Waals surface area contributed by atoms with Gasteiger partial charge in [-0.25, -0.2) is 0 Å². The zero-order valence-corrected chi connectivity index (χ0v) is 12.6. The van der Waals surface area contributed by atoms with E-state index in [1.54, 1.807) is 0 Å². The third-order valence-corrected chi connectivity index (χ3v) is 4.15. The topological polar surface area (TPSA) is 58.4 Å². The van der Waals surface area contributed by atoms with Crippen LogP contribution in [-0.4, -0.2) is 37.0 Å². The van der Waals surface area contributed by atoms with Gasteiger partial charge in [-0.15, -0.1) is 0 Å². The SMILES string of the molecule is CC1(CN)CCN(CC(=O)NCc2ccc(Cl)cc2)C1. The van der Waals surface area contributed by atoms with Crippen LogP contribution in [0.3, 0.4) is 0 Å². The zero-order valence-electron chi connectivity index (χ0n) is 11.9. The van der Waals surface area contributed by atoms with Crippen molar-refractivity contribution < 1.29 is 4.79 Å². The van der Waals surface area contributed by atoms with Gasteiger partial charge in [0.1, 0.15) is 0 Å². The van der Waals surface area contributed by atoms with Crippen LogP contribution in [0.2, 0.25) is 5.02 Å². The highest BCUT2D eigenvalue weighted by Gasteiger charge is 2.32. The molecule has 1 aromatic carbocycles. The highest BCUT2D eigenvalue weighted by Crippen LogP contribution is 2.27. The number of likely N-dealkylation sites (tertiary alicyclic amines) is 1. The van der Waals surface area contributed by atoms with Crippen molar-refractivity contribution in [3.05, 3.63) is 34.9 Å². The molecule has 20 heavy (non-hydrogen) atoms. The fourth-order valence-corrected chi connectivity index (χ4v) is 2.62. The second-order valence-electron chi connectivity index (χ2n) is 5.88. The molecule has 0 bridgehead atoms. The van der Waals surface area contributed by atoms with Gasteiger partial charge >= 0.3 is 0 Å². The van der Waals surface area contributed by atoms with E-state index in [1.165, 1.54) is 0 Å². The monoisotopic (exact) mass is 295 g/mol. The number of halogens is 1. The molecule has 1 unspecified atom stereocenters. The van der Waals surface area contributed by atoms with Gasteiger partial charge in [0, 0.05) is 18.1 Å². The lowest BCUT2D eigenvalue weighted by molar-refractivity contribution is -0.122. The van der Waals surface area contributed by atoms with Crippen LogP contribution in [0.15, 0.2) is 24.3 Å². The molecule has 5 heteroatoms. The molecule has 1 aliphatic rings. The van der Waals surface area contributed by atoms with Crippen LogP contribution in [0, 0.1) is 5.41 Å². The van der Waals surface area contributed by atoms with Crippen molar-refractivity contribution in [1.29, 1.82) is 0 Å². The molecule has 0 aromatic heterocycles. The minimum Gasteiger partial charge on any atom is -0.351 e. The number of rotatable bonds is 5. The highest BCUT2D eigenvalue weighted by atomic mass is 35.5. The third kappa shape index (κ3) is 4.20. The number of hydrogen-bond acceptors (Lipinski definition) is 3. The Bertz CT molecular complexity index is 463. The average molecular weight is 296 g/mol. The molecule has 3 N–H and O–H groups in total. The minimum atomic E-state index is 0.0567. The van der Waals surface area contributed by atoms with Crippen molar-refractivity contribution in [3.8, 4) is 0 Å². The van der Waals surface area contributed by atoms with E-state index in [9.17, 15) is 4.79 Å². The number of carbonyl (C=O) groups excluding carboxylic acids is 1. The predicted octanol–water partition coefficient (Wildman–Crippen LogP) is 1.63. The fourth-order valence-electron chi connectivity index (χ4n) is 2.49. The van der Waals surface area contributed by atoms with E-state index in [0.717, 1.165) is 25.1 Å². The number of nitrogens with zero attached hydrogens (tertiary/aromatic N) is 1. The van der Waals surface area contributed by atoms with E-state index in [0.29, 0.717) is 24.7 Å². The quantitative estimate of drug-likeness (QED) is 0.868. The van der Waals surface area contributed by atoms with E-state index < -0.39 is 0 Å². The highest BCUT2D eigenvalue weighted by molar-refractivity contribution is 6.30. The number of nitrogens with one attached hydrogen (secondary N) is 1. The molecule has 110 valence electrons. The van der Waals surface area contributed by atoms with Crippen LogP contribution in [0.4, 0.5) is 0 Å². The third-order valence-electron chi connectivity index (χ3n) is 3.90. The molecule has 4 nitrogen and oxygen atoms in total. The summed E-state index contributed by atoms with van der Waals surface area (Å²) in [5.41, 5.74) is 6.98. The zero-order chi connectivity index (χ0) is 14.6. The summed E-state index contributed by atoms with van der Waals surface area (Å²) in [5.74, 6) is 0.0567. The maximum atomic E-state index is 11.9. The minimum absolute atomic E-state index is 0.0567. The van der Waals surface area contributed by atoms with Gasteiger partial charge in [0.25, 0.3) is 0 Å². The summed E-state index contributed by atoms with van der Waals surface area (Å²) in [5, 5.41) is 3.64. The van der Waals surface area contributed by atoms with Crippen LogP contribution < -0.4 is 11.1 Å². The fraction of sp³-hybridized carbons (Fsp3) is 0.533. The summed E-state index contributed by atoms with van der Waals surface area (Å²) in [6.45, 7) is 5.69. The molecule has 0 spiro atoms. The standard InChI is InChI=1S/C15H22ClN3O/c1-15(10-17)6-7-19(11-15)9-14(20)18-8-12-2-4-13(16)5-3-12/h2-5H,6-11,17H2,1H3,(H,18,20). The molecule has 0 saturated carbocycles. The van der Waals surface area contributed by atoms with Crippen molar-refractivity contribution in [2.75, 3.05) is 26.2 Å². The summed E-state index contributed by atoms with van der Waals surface area (Å²) >= 11 is 5.82. The Morgan fingerprint density at radius 1 is 1.45 bits per heavy atom. The lowest BCUT2D eigenvalue weighted by Crippen LogP contribution is -2.38. The van der Waals surface area contributed by atoms with Gasteiger partial charge in [0.2, 0.25) is 5.91 Å². The van der Waals surface area contributed by atoms with Crippen LogP contribution in [0.5, 0.6) is 0 Å². The van der Waals surface area contributed by atoms with Gasteiger partial charge in [-0.3, -0.25) is 9.69 Å². The number of hydrogen-bond donors (Lipinski definition) is 2. The van der Waals surface area contributed by atoms with E-state index in [-0.39, 0.29) is 11.3 Å². The Morgan fingerprint density at radius 3 is 2.75 bits per heavy atom.